The highest BCUT2D eigenvalue weighted by Crippen LogP contribution is 2.26. The van der Waals surface area contributed by atoms with E-state index < -0.39 is 0 Å². The van der Waals surface area contributed by atoms with Crippen LogP contribution in [-0.4, -0.2) is 18.6 Å². The highest BCUT2D eigenvalue weighted by Gasteiger charge is 2.24. The molecule has 1 fully saturated rings. The van der Waals surface area contributed by atoms with Gasteiger partial charge in [0.1, 0.15) is 5.75 Å². The summed E-state index contributed by atoms with van der Waals surface area (Å²) in [4.78, 5) is 12.1. The molecule has 0 aliphatic heterocycles. The third-order valence-electron chi connectivity index (χ3n) is 4.01. The Labute approximate surface area is 127 Å². The molecule has 4 nitrogen and oxygen atoms in total. The van der Waals surface area contributed by atoms with Crippen LogP contribution >= 0.6 is 0 Å². The van der Waals surface area contributed by atoms with E-state index in [4.69, 9.17) is 10.5 Å². The monoisotopic (exact) mass is 290 g/mol. The number of carbonyl (C=O) groups is 1. The summed E-state index contributed by atoms with van der Waals surface area (Å²) in [5.74, 6) is 1.16. The first kappa shape index (κ1) is 15.8. The second-order valence-corrected chi connectivity index (χ2v) is 5.84. The van der Waals surface area contributed by atoms with E-state index in [2.05, 4.69) is 12.2 Å². The van der Waals surface area contributed by atoms with E-state index >= 15 is 0 Å². The molecule has 2 unspecified atom stereocenters. The van der Waals surface area contributed by atoms with E-state index in [1.54, 1.807) is 0 Å². The zero-order chi connectivity index (χ0) is 15.1. The van der Waals surface area contributed by atoms with Gasteiger partial charge in [-0.05, 0) is 37.3 Å². The molecule has 0 aromatic heterocycles. The smallest absolute Gasteiger partial charge is 0.224 e. The van der Waals surface area contributed by atoms with E-state index in [0.29, 0.717) is 18.9 Å². The van der Waals surface area contributed by atoms with Crippen LogP contribution < -0.4 is 15.8 Å². The van der Waals surface area contributed by atoms with Gasteiger partial charge in [-0.25, -0.2) is 0 Å². The van der Waals surface area contributed by atoms with Crippen molar-refractivity contribution in [2.24, 2.45) is 11.7 Å². The van der Waals surface area contributed by atoms with Crippen LogP contribution in [0.2, 0.25) is 0 Å². The number of ether oxygens (including phenoxy) is 1. The lowest BCUT2D eigenvalue weighted by Crippen LogP contribution is -2.35. The molecule has 1 amide bonds. The summed E-state index contributed by atoms with van der Waals surface area (Å²) in [6, 6.07) is 7.73. The van der Waals surface area contributed by atoms with Crippen molar-refractivity contribution in [3.8, 4) is 5.75 Å². The van der Waals surface area contributed by atoms with Gasteiger partial charge in [-0.1, -0.05) is 25.8 Å². The van der Waals surface area contributed by atoms with Crippen LogP contribution in [0.4, 0.5) is 5.69 Å². The molecule has 0 saturated heterocycles. The van der Waals surface area contributed by atoms with Crippen molar-refractivity contribution in [2.45, 2.75) is 51.5 Å². The summed E-state index contributed by atoms with van der Waals surface area (Å²) in [6.07, 6.45) is 5.96. The number of anilines is 1. The number of carbonyl (C=O) groups excluding carboxylic acids is 1. The maximum atomic E-state index is 12.1. The lowest BCUT2D eigenvalue weighted by molar-refractivity contribution is -0.117. The quantitative estimate of drug-likeness (QED) is 0.844. The number of hydrogen-bond donors (Lipinski definition) is 2. The average Bonchev–Trinajstić information content (AvgIpc) is 2.48. The van der Waals surface area contributed by atoms with E-state index in [9.17, 15) is 4.79 Å². The van der Waals surface area contributed by atoms with Crippen molar-refractivity contribution in [1.29, 1.82) is 0 Å². The summed E-state index contributed by atoms with van der Waals surface area (Å²) in [5.41, 5.74) is 6.89. The minimum absolute atomic E-state index is 0.0463. The third-order valence-corrected chi connectivity index (χ3v) is 4.01. The lowest BCUT2D eigenvalue weighted by Gasteiger charge is -2.27. The average molecular weight is 290 g/mol. The fourth-order valence-corrected chi connectivity index (χ4v) is 2.82. The van der Waals surface area contributed by atoms with Gasteiger partial charge in [-0.3, -0.25) is 4.79 Å². The maximum Gasteiger partial charge on any atom is 0.224 e. The van der Waals surface area contributed by atoms with E-state index in [-0.39, 0.29) is 11.9 Å². The minimum atomic E-state index is 0.0463. The Morgan fingerprint density at radius 1 is 1.38 bits per heavy atom. The molecule has 116 valence electrons. The Kier molecular flexibility index (Phi) is 6.05. The summed E-state index contributed by atoms with van der Waals surface area (Å²) in [5, 5.41) is 2.95. The Morgan fingerprint density at radius 2 is 2.19 bits per heavy atom. The standard InChI is InChI=1S/C17H26N2O2/c1-2-10-21-15-8-5-7-14(12-15)19-17(20)11-13-6-3-4-9-16(13)18/h5,7-8,12-13,16H,2-4,6,9-11,18H2,1H3,(H,19,20). The Morgan fingerprint density at radius 3 is 2.95 bits per heavy atom. The van der Waals surface area contributed by atoms with Gasteiger partial charge in [0.25, 0.3) is 0 Å². The SMILES string of the molecule is CCCOc1cccc(NC(=O)CC2CCCCC2N)c1. The minimum Gasteiger partial charge on any atom is -0.494 e. The molecule has 21 heavy (non-hydrogen) atoms. The van der Waals surface area contributed by atoms with Gasteiger partial charge in [0, 0.05) is 24.2 Å². The Balaban J connectivity index is 1.87. The zero-order valence-electron chi connectivity index (χ0n) is 12.8. The third kappa shape index (κ3) is 5.05. The van der Waals surface area contributed by atoms with Crippen LogP contribution in [0.5, 0.6) is 5.75 Å². The van der Waals surface area contributed by atoms with Crippen molar-refractivity contribution >= 4 is 11.6 Å². The molecule has 1 aromatic carbocycles. The molecule has 1 aliphatic carbocycles. The van der Waals surface area contributed by atoms with E-state index in [1.807, 2.05) is 24.3 Å². The van der Waals surface area contributed by atoms with Crippen molar-refractivity contribution in [1.82, 2.24) is 0 Å². The first-order valence-electron chi connectivity index (χ1n) is 7.97. The van der Waals surface area contributed by atoms with Gasteiger partial charge in [0.2, 0.25) is 5.91 Å². The molecular formula is C17H26N2O2. The molecule has 0 radical (unpaired) electrons. The second kappa shape index (κ2) is 8.03. The van der Waals surface area contributed by atoms with Crippen LogP contribution in [0.1, 0.15) is 45.4 Å². The predicted molar refractivity (Wildman–Crippen MR) is 85.4 cm³/mol. The molecule has 1 aliphatic rings. The van der Waals surface area contributed by atoms with Crippen LogP contribution in [0.15, 0.2) is 24.3 Å². The molecule has 2 atom stereocenters. The topological polar surface area (TPSA) is 64.3 Å². The normalized spacial score (nSPS) is 21.8. The molecule has 3 N–H and O–H groups in total. The van der Waals surface area contributed by atoms with Crippen molar-refractivity contribution in [2.75, 3.05) is 11.9 Å². The summed E-state index contributed by atoms with van der Waals surface area (Å²) < 4.78 is 5.57. The number of rotatable bonds is 6. The van der Waals surface area contributed by atoms with Crippen LogP contribution in [-0.2, 0) is 4.79 Å². The highest BCUT2D eigenvalue weighted by molar-refractivity contribution is 5.91. The maximum absolute atomic E-state index is 12.1. The summed E-state index contributed by atoms with van der Waals surface area (Å²) in [7, 11) is 0. The molecule has 0 heterocycles. The Hall–Kier alpha value is -1.55. The molecule has 0 spiro atoms. The first-order valence-corrected chi connectivity index (χ1v) is 7.97. The fourth-order valence-electron chi connectivity index (χ4n) is 2.82. The summed E-state index contributed by atoms with van der Waals surface area (Å²) in [6.45, 7) is 2.76. The van der Waals surface area contributed by atoms with Gasteiger partial charge in [-0.15, -0.1) is 0 Å². The lowest BCUT2D eigenvalue weighted by atomic mass is 9.83. The van der Waals surface area contributed by atoms with Gasteiger partial charge in [0.15, 0.2) is 0 Å². The highest BCUT2D eigenvalue weighted by atomic mass is 16.5. The molecule has 4 heteroatoms. The predicted octanol–water partition coefficient (Wildman–Crippen LogP) is 3.32. The largest absolute Gasteiger partial charge is 0.494 e. The van der Waals surface area contributed by atoms with Crippen molar-refractivity contribution < 1.29 is 9.53 Å². The fraction of sp³-hybridized carbons (Fsp3) is 0.588. The number of amides is 1. The first-order chi connectivity index (χ1) is 10.2. The van der Waals surface area contributed by atoms with E-state index in [0.717, 1.165) is 30.7 Å². The van der Waals surface area contributed by atoms with Crippen molar-refractivity contribution in [3.05, 3.63) is 24.3 Å². The van der Waals surface area contributed by atoms with Crippen molar-refractivity contribution in [3.63, 3.8) is 0 Å². The van der Waals surface area contributed by atoms with Gasteiger partial charge in [-0.2, -0.15) is 0 Å². The number of nitrogens with one attached hydrogen (secondary N) is 1. The number of nitrogens with two attached hydrogens (primary N) is 1. The Bertz CT molecular complexity index is 462. The molecular weight excluding hydrogens is 264 g/mol. The van der Waals surface area contributed by atoms with Gasteiger partial charge < -0.3 is 15.8 Å². The molecule has 1 saturated carbocycles. The summed E-state index contributed by atoms with van der Waals surface area (Å²) >= 11 is 0. The molecule has 0 bridgehead atoms. The van der Waals surface area contributed by atoms with Crippen LogP contribution in [0, 0.1) is 5.92 Å². The number of hydrogen-bond acceptors (Lipinski definition) is 3. The molecule has 1 aromatic rings. The van der Waals surface area contributed by atoms with Gasteiger partial charge >= 0.3 is 0 Å². The number of benzene rings is 1. The van der Waals surface area contributed by atoms with Crippen LogP contribution in [0.3, 0.4) is 0 Å². The van der Waals surface area contributed by atoms with Crippen LogP contribution in [0.25, 0.3) is 0 Å². The van der Waals surface area contributed by atoms with Gasteiger partial charge in [0.05, 0.1) is 6.61 Å². The second-order valence-electron chi connectivity index (χ2n) is 5.84. The zero-order valence-corrected chi connectivity index (χ0v) is 12.8. The molecule has 2 rings (SSSR count). The van der Waals surface area contributed by atoms with E-state index in [1.165, 1.54) is 12.8 Å².